The predicted molar refractivity (Wildman–Crippen MR) is 71.3 cm³/mol. The van der Waals surface area contributed by atoms with Crippen LogP contribution >= 0.6 is 0 Å². The first-order chi connectivity index (χ1) is 8.78. The van der Waals surface area contributed by atoms with E-state index >= 15 is 0 Å². The van der Waals surface area contributed by atoms with E-state index in [0.29, 0.717) is 12.0 Å². The van der Waals surface area contributed by atoms with Gasteiger partial charge in [0.15, 0.2) is 0 Å². The topological polar surface area (TPSA) is 35.5 Å². The molecule has 1 saturated heterocycles. The van der Waals surface area contributed by atoms with Gasteiger partial charge in [-0.2, -0.15) is 0 Å². The molecule has 102 valence electrons. The van der Waals surface area contributed by atoms with E-state index in [9.17, 15) is 5.11 Å². The van der Waals surface area contributed by atoms with Crippen LogP contribution in [-0.2, 0) is 0 Å². The molecule has 0 amide bonds. The van der Waals surface area contributed by atoms with E-state index < -0.39 is 0 Å². The van der Waals surface area contributed by atoms with E-state index in [0.717, 1.165) is 23.8 Å². The third-order valence-electron chi connectivity index (χ3n) is 6.45. The minimum Gasteiger partial charge on any atom is -0.391 e. The molecule has 2 N–H and O–H groups in total. The molecule has 0 radical (unpaired) electrons. The van der Waals surface area contributed by atoms with Crippen molar-refractivity contribution in [1.29, 1.82) is 0 Å². The van der Waals surface area contributed by atoms with Crippen molar-refractivity contribution >= 4 is 0 Å². The molecule has 4 aliphatic rings. The smallest absolute Gasteiger partial charge is 0.0726 e. The highest BCUT2D eigenvalue weighted by molar-refractivity contribution is 5.11. The summed E-state index contributed by atoms with van der Waals surface area (Å²) >= 11 is 0. The van der Waals surface area contributed by atoms with E-state index in [1.807, 2.05) is 0 Å². The fourth-order valence-corrected chi connectivity index (χ4v) is 5.68. The van der Waals surface area contributed by atoms with Gasteiger partial charge in [-0.3, -0.25) is 4.90 Å². The van der Waals surface area contributed by atoms with E-state index in [1.165, 1.54) is 45.2 Å². The largest absolute Gasteiger partial charge is 0.391 e. The number of aliphatic hydroxyl groups is 1. The van der Waals surface area contributed by atoms with Gasteiger partial charge >= 0.3 is 0 Å². The molecule has 18 heavy (non-hydrogen) atoms. The molecule has 0 aromatic heterocycles. The lowest BCUT2D eigenvalue weighted by atomic mass is 9.88. The van der Waals surface area contributed by atoms with Gasteiger partial charge in [-0.15, -0.1) is 0 Å². The zero-order chi connectivity index (χ0) is 12.3. The molecule has 3 aliphatic carbocycles. The number of nitrogens with zero attached hydrogens (tertiary/aromatic N) is 1. The van der Waals surface area contributed by atoms with Crippen LogP contribution in [0.3, 0.4) is 0 Å². The van der Waals surface area contributed by atoms with Crippen LogP contribution in [0.1, 0.15) is 32.1 Å². The first-order valence-electron chi connectivity index (χ1n) is 7.87. The van der Waals surface area contributed by atoms with Gasteiger partial charge in [0, 0.05) is 25.2 Å². The number of likely N-dealkylation sites (tertiary alicyclic amines) is 1. The molecular weight excluding hydrogens is 224 g/mol. The van der Waals surface area contributed by atoms with Crippen LogP contribution in [0.2, 0.25) is 0 Å². The molecule has 3 saturated carbocycles. The lowest BCUT2D eigenvalue weighted by Gasteiger charge is -2.32. The zero-order valence-electron chi connectivity index (χ0n) is 11.4. The normalized spacial score (nSPS) is 54.7. The van der Waals surface area contributed by atoms with Crippen molar-refractivity contribution in [2.75, 3.05) is 20.1 Å². The van der Waals surface area contributed by atoms with Crippen LogP contribution in [0.4, 0.5) is 0 Å². The molecule has 3 nitrogen and oxygen atoms in total. The van der Waals surface area contributed by atoms with Gasteiger partial charge in [0.25, 0.3) is 0 Å². The standard InChI is InChI=1S/C15H26N2O/c1-16-13-4-2-3-9(13)7-17-8-11-5-10-6-12(11)14(17)15(10)18/h9-16,18H,2-8H2,1H3. The average molecular weight is 250 g/mol. The number of nitrogens with one attached hydrogen (secondary N) is 1. The summed E-state index contributed by atoms with van der Waals surface area (Å²) in [6.45, 7) is 2.50. The van der Waals surface area contributed by atoms with Crippen molar-refractivity contribution in [2.24, 2.45) is 23.7 Å². The van der Waals surface area contributed by atoms with Gasteiger partial charge < -0.3 is 10.4 Å². The summed E-state index contributed by atoms with van der Waals surface area (Å²) < 4.78 is 0. The summed E-state index contributed by atoms with van der Waals surface area (Å²) in [5.74, 6) is 3.20. The van der Waals surface area contributed by atoms with Gasteiger partial charge in [-0.25, -0.2) is 0 Å². The Morgan fingerprint density at radius 1 is 1.22 bits per heavy atom. The highest BCUT2D eigenvalue weighted by atomic mass is 16.3. The van der Waals surface area contributed by atoms with Crippen molar-refractivity contribution < 1.29 is 5.11 Å². The average Bonchev–Trinajstić information content (AvgIpc) is 3.04. The lowest BCUT2D eigenvalue weighted by molar-refractivity contribution is 0.0445. The van der Waals surface area contributed by atoms with Gasteiger partial charge in [-0.1, -0.05) is 6.42 Å². The number of aliphatic hydroxyl groups excluding tert-OH is 1. The van der Waals surface area contributed by atoms with E-state index in [-0.39, 0.29) is 6.10 Å². The molecule has 3 heteroatoms. The van der Waals surface area contributed by atoms with E-state index in [1.54, 1.807) is 0 Å². The molecule has 4 rings (SSSR count). The first kappa shape index (κ1) is 11.7. The third kappa shape index (κ3) is 1.53. The number of hydrogen-bond acceptors (Lipinski definition) is 3. The minimum absolute atomic E-state index is 0.0109. The van der Waals surface area contributed by atoms with Gasteiger partial charge in [0.1, 0.15) is 0 Å². The Bertz CT molecular complexity index is 332. The Morgan fingerprint density at radius 3 is 2.89 bits per heavy atom. The van der Waals surface area contributed by atoms with Crippen LogP contribution in [-0.4, -0.2) is 48.3 Å². The number of fused-ring (bicyclic) bond motifs is 1. The predicted octanol–water partition coefficient (Wildman–Crippen LogP) is 1.08. The number of hydrogen-bond donors (Lipinski definition) is 2. The van der Waals surface area contributed by atoms with Crippen LogP contribution in [0.25, 0.3) is 0 Å². The quantitative estimate of drug-likeness (QED) is 0.787. The number of rotatable bonds is 3. The Balaban J connectivity index is 1.47. The van der Waals surface area contributed by atoms with Gasteiger partial charge in [0.05, 0.1) is 6.10 Å². The maximum Gasteiger partial charge on any atom is 0.0726 e. The van der Waals surface area contributed by atoms with Crippen molar-refractivity contribution in [2.45, 2.75) is 50.3 Å². The van der Waals surface area contributed by atoms with Crippen molar-refractivity contribution in [3.63, 3.8) is 0 Å². The molecule has 0 spiro atoms. The van der Waals surface area contributed by atoms with Crippen LogP contribution in [0.15, 0.2) is 0 Å². The molecule has 0 aromatic rings. The summed E-state index contributed by atoms with van der Waals surface area (Å²) in [4.78, 5) is 2.66. The summed E-state index contributed by atoms with van der Waals surface area (Å²) in [5.41, 5.74) is 0. The SMILES string of the molecule is CNC1CCCC1CN1CC2CC3CC2C1C3O. The summed E-state index contributed by atoms with van der Waals surface area (Å²) in [6, 6.07) is 1.24. The lowest BCUT2D eigenvalue weighted by Crippen LogP contribution is -2.45. The fourth-order valence-electron chi connectivity index (χ4n) is 5.68. The molecule has 0 aromatic carbocycles. The second-order valence-corrected chi connectivity index (χ2v) is 7.18. The van der Waals surface area contributed by atoms with Crippen LogP contribution in [0.5, 0.6) is 0 Å². The second kappa shape index (κ2) is 4.19. The summed E-state index contributed by atoms with van der Waals surface area (Å²) in [6.07, 6.45) is 6.71. The Labute approximate surface area is 110 Å². The highest BCUT2D eigenvalue weighted by Gasteiger charge is 2.58. The zero-order valence-corrected chi connectivity index (χ0v) is 11.4. The molecular formula is C15H26N2O. The fraction of sp³-hybridized carbons (Fsp3) is 1.00. The summed E-state index contributed by atoms with van der Waals surface area (Å²) in [5, 5.41) is 13.9. The molecule has 4 fully saturated rings. The summed E-state index contributed by atoms with van der Waals surface area (Å²) in [7, 11) is 2.11. The molecule has 1 heterocycles. The Morgan fingerprint density at radius 2 is 2.11 bits per heavy atom. The Kier molecular flexibility index (Phi) is 2.72. The van der Waals surface area contributed by atoms with Crippen molar-refractivity contribution in [3.8, 4) is 0 Å². The van der Waals surface area contributed by atoms with Gasteiger partial charge in [0.2, 0.25) is 0 Å². The molecule has 1 aliphatic heterocycles. The highest BCUT2D eigenvalue weighted by Crippen LogP contribution is 2.55. The monoisotopic (exact) mass is 250 g/mol. The van der Waals surface area contributed by atoms with E-state index in [4.69, 9.17) is 0 Å². The van der Waals surface area contributed by atoms with Gasteiger partial charge in [-0.05, 0) is 56.4 Å². The van der Waals surface area contributed by atoms with E-state index in [2.05, 4.69) is 17.3 Å². The van der Waals surface area contributed by atoms with Crippen LogP contribution in [0, 0.1) is 23.7 Å². The maximum absolute atomic E-state index is 10.4. The Hall–Kier alpha value is -0.120. The second-order valence-electron chi connectivity index (χ2n) is 7.18. The van der Waals surface area contributed by atoms with Crippen LogP contribution < -0.4 is 5.32 Å². The third-order valence-corrected chi connectivity index (χ3v) is 6.45. The van der Waals surface area contributed by atoms with Crippen molar-refractivity contribution in [3.05, 3.63) is 0 Å². The first-order valence-corrected chi connectivity index (χ1v) is 7.87. The van der Waals surface area contributed by atoms with Crippen molar-refractivity contribution in [1.82, 2.24) is 10.2 Å². The molecule has 2 bridgehead atoms. The molecule has 7 unspecified atom stereocenters. The minimum atomic E-state index is -0.0109. The maximum atomic E-state index is 10.4. The molecule has 7 atom stereocenters.